The van der Waals surface area contributed by atoms with E-state index < -0.39 is 0 Å². The van der Waals surface area contributed by atoms with Gasteiger partial charge in [0.2, 0.25) is 0 Å². The molecule has 29 heavy (non-hydrogen) atoms. The number of hydrazone groups is 1. The summed E-state index contributed by atoms with van der Waals surface area (Å²) in [4.78, 5) is 7.17. The summed E-state index contributed by atoms with van der Waals surface area (Å²) in [5.41, 5.74) is 6.45. The van der Waals surface area contributed by atoms with Crippen molar-refractivity contribution in [3.8, 4) is 0 Å². The first-order valence-electron chi connectivity index (χ1n) is 10.3. The maximum atomic E-state index is 5.42. The summed E-state index contributed by atoms with van der Waals surface area (Å²) in [7, 11) is 0. The third-order valence-electron chi connectivity index (χ3n) is 4.58. The van der Waals surface area contributed by atoms with E-state index in [1.54, 1.807) is 11.8 Å². The van der Waals surface area contributed by atoms with Gasteiger partial charge in [-0.1, -0.05) is 36.8 Å². The number of nitrogens with zero attached hydrogens (tertiary/aromatic N) is 3. The molecule has 0 atom stereocenters. The van der Waals surface area contributed by atoms with Crippen LogP contribution in [0.1, 0.15) is 24.5 Å². The number of pyridine rings is 1. The number of aryl methyl sites for hydroxylation is 1. The molecule has 0 unspecified atom stereocenters. The number of aromatic nitrogens is 1. The number of anilines is 2. The second-order valence-corrected chi connectivity index (χ2v) is 8.21. The van der Waals surface area contributed by atoms with E-state index >= 15 is 0 Å². The van der Waals surface area contributed by atoms with Crippen LogP contribution in [0.4, 0.5) is 11.5 Å². The Kier molecular flexibility index (Phi) is 8.80. The summed E-state index contributed by atoms with van der Waals surface area (Å²) in [5, 5.41) is 8.84. The fraction of sp³-hybridized carbons (Fsp3) is 0.455. The number of thioether (sulfide) groups is 1. The van der Waals surface area contributed by atoms with Gasteiger partial charge in [0.1, 0.15) is 10.8 Å². The summed E-state index contributed by atoms with van der Waals surface area (Å²) < 4.78 is 5.42. The van der Waals surface area contributed by atoms with Gasteiger partial charge in [-0.2, -0.15) is 5.10 Å². The highest BCUT2D eigenvalue weighted by Crippen LogP contribution is 2.23. The zero-order valence-corrected chi connectivity index (χ0v) is 18.2. The first-order chi connectivity index (χ1) is 14.2. The van der Waals surface area contributed by atoms with Gasteiger partial charge in [-0.3, -0.25) is 10.3 Å². The lowest BCUT2D eigenvalue weighted by atomic mass is 10.2. The molecule has 0 radical (unpaired) electrons. The average molecular weight is 414 g/mol. The Hall–Kier alpha value is -2.09. The minimum absolute atomic E-state index is 0.754. The van der Waals surface area contributed by atoms with E-state index in [2.05, 4.69) is 52.8 Å². The van der Waals surface area contributed by atoms with Gasteiger partial charge in [0.05, 0.1) is 19.4 Å². The van der Waals surface area contributed by atoms with Crippen LogP contribution in [0.25, 0.3) is 0 Å². The van der Waals surface area contributed by atoms with Crippen LogP contribution in [0.2, 0.25) is 0 Å². The van der Waals surface area contributed by atoms with Gasteiger partial charge in [-0.25, -0.2) is 4.98 Å². The van der Waals surface area contributed by atoms with Gasteiger partial charge in [-0.05, 0) is 25.0 Å². The quantitative estimate of drug-likeness (QED) is 0.348. The molecule has 6 nitrogen and oxygen atoms in total. The molecule has 1 aromatic carbocycles. The van der Waals surface area contributed by atoms with E-state index in [4.69, 9.17) is 9.72 Å². The maximum absolute atomic E-state index is 5.42. The molecule has 7 heteroatoms. The Labute approximate surface area is 178 Å². The van der Waals surface area contributed by atoms with E-state index in [9.17, 15) is 0 Å². The fourth-order valence-electron chi connectivity index (χ4n) is 3.04. The minimum atomic E-state index is 0.754. The average Bonchev–Trinajstić information content (AvgIpc) is 2.73. The Morgan fingerprint density at radius 2 is 2.10 bits per heavy atom. The molecule has 0 spiro atoms. The van der Waals surface area contributed by atoms with Gasteiger partial charge in [-0.15, -0.1) is 11.8 Å². The lowest BCUT2D eigenvalue weighted by molar-refractivity contribution is 0.0410. The summed E-state index contributed by atoms with van der Waals surface area (Å²) in [6, 6.07) is 12.4. The van der Waals surface area contributed by atoms with E-state index in [-0.39, 0.29) is 0 Å². The minimum Gasteiger partial charge on any atom is -0.385 e. The van der Waals surface area contributed by atoms with Crippen molar-refractivity contribution in [1.29, 1.82) is 0 Å². The Morgan fingerprint density at radius 1 is 1.24 bits per heavy atom. The molecule has 1 aliphatic heterocycles. The Balaban J connectivity index is 1.61. The summed E-state index contributed by atoms with van der Waals surface area (Å²) in [5.74, 6) is 1.76. The van der Waals surface area contributed by atoms with Gasteiger partial charge in [0.25, 0.3) is 0 Å². The van der Waals surface area contributed by atoms with Crippen molar-refractivity contribution >= 4 is 29.5 Å². The number of hydrogen-bond donors (Lipinski definition) is 2. The molecule has 2 aromatic rings. The predicted octanol–water partition coefficient (Wildman–Crippen LogP) is 4.08. The number of hydrogen-bond acceptors (Lipinski definition) is 7. The lowest BCUT2D eigenvalue weighted by Gasteiger charge is -2.26. The van der Waals surface area contributed by atoms with E-state index in [1.165, 1.54) is 5.56 Å². The van der Waals surface area contributed by atoms with Crippen LogP contribution in [-0.2, 0) is 4.74 Å². The number of ether oxygens (including phenoxy) is 1. The van der Waals surface area contributed by atoms with Crippen LogP contribution in [0.15, 0.2) is 46.5 Å². The van der Waals surface area contributed by atoms with Crippen molar-refractivity contribution in [1.82, 2.24) is 9.88 Å². The third-order valence-corrected chi connectivity index (χ3v) is 5.47. The summed E-state index contributed by atoms with van der Waals surface area (Å²) in [6.45, 7) is 9.95. The normalized spacial score (nSPS) is 15.0. The van der Waals surface area contributed by atoms with Gasteiger partial charge < -0.3 is 10.1 Å². The number of nitrogens with one attached hydrogen (secondary N) is 2. The topological polar surface area (TPSA) is 61.8 Å². The molecule has 2 heterocycles. The van der Waals surface area contributed by atoms with Crippen LogP contribution < -0.4 is 10.7 Å². The van der Waals surface area contributed by atoms with E-state index in [1.807, 2.05) is 24.4 Å². The molecule has 0 aliphatic carbocycles. The van der Waals surface area contributed by atoms with Gasteiger partial charge in [0.15, 0.2) is 0 Å². The smallest absolute Gasteiger partial charge is 0.149 e. The van der Waals surface area contributed by atoms with Crippen molar-refractivity contribution in [2.75, 3.05) is 55.9 Å². The van der Waals surface area contributed by atoms with Crippen molar-refractivity contribution < 1.29 is 4.74 Å². The molecule has 1 aliphatic rings. The molecule has 0 amide bonds. The van der Waals surface area contributed by atoms with Crippen LogP contribution in [0, 0.1) is 6.92 Å². The maximum Gasteiger partial charge on any atom is 0.149 e. The molecule has 0 saturated carbocycles. The van der Waals surface area contributed by atoms with Crippen molar-refractivity contribution in [2.24, 2.45) is 5.10 Å². The van der Waals surface area contributed by atoms with Crippen molar-refractivity contribution in [3.05, 3.63) is 47.5 Å². The molecule has 2 N–H and O–H groups in total. The summed E-state index contributed by atoms with van der Waals surface area (Å²) >= 11 is 1.78. The Bertz CT molecular complexity index is 793. The lowest BCUT2D eigenvalue weighted by Crippen LogP contribution is -2.37. The molecule has 1 aromatic heterocycles. The van der Waals surface area contributed by atoms with Crippen molar-refractivity contribution in [3.63, 3.8) is 0 Å². The first kappa shape index (κ1) is 21.6. The van der Waals surface area contributed by atoms with E-state index in [0.29, 0.717) is 0 Å². The molecular weight excluding hydrogens is 382 g/mol. The zero-order valence-electron chi connectivity index (χ0n) is 17.4. The molecular formula is C22H31N5OS. The predicted molar refractivity (Wildman–Crippen MR) is 123 cm³/mol. The SMILES string of the molecule is CCCNc1cc(N/N=C/c2cccc(C)c2)nc(SCCN2CCOCC2)c1. The zero-order chi connectivity index (χ0) is 20.3. The molecule has 1 fully saturated rings. The highest BCUT2D eigenvalue weighted by Gasteiger charge is 2.10. The second-order valence-electron chi connectivity index (χ2n) is 7.09. The van der Waals surface area contributed by atoms with Crippen molar-refractivity contribution in [2.45, 2.75) is 25.3 Å². The molecule has 0 bridgehead atoms. The van der Waals surface area contributed by atoms with Crippen LogP contribution in [0.3, 0.4) is 0 Å². The van der Waals surface area contributed by atoms with Crippen LogP contribution >= 0.6 is 11.8 Å². The number of morpholine rings is 1. The first-order valence-corrected chi connectivity index (χ1v) is 11.3. The molecule has 156 valence electrons. The number of benzene rings is 1. The van der Waals surface area contributed by atoms with Crippen LogP contribution in [0.5, 0.6) is 0 Å². The van der Waals surface area contributed by atoms with Gasteiger partial charge >= 0.3 is 0 Å². The monoisotopic (exact) mass is 413 g/mol. The summed E-state index contributed by atoms with van der Waals surface area (Å²) in [6.07, 6.45) is 2.90. The molecule has 1 saturated heterocycles. The molecule has 3 rings (SSSR count). The second kappa shape index (κ2) is 11.8. The van der Waals surface area contributed by atoms with Crippen LogP contribution in [-0.4, -0.2) is 61.2 Å². The largest absolute Gasteiger partial charge is 0.385 e. The standard InChI is InChI=1S/C22H31N5OS/c1-3-7-23-20-15-21(26-24-17-19-6-4-5-18(2)14-19)25-22(16-20)29-13-10-27-8-11-28-12-9-27/h4-6,14-17H,3,7-13H2,1-2H3,(H2,23,25,26)/b24-17+. The highest BCUT2D eigenvalue weighted by molar-refractivity contribution is 7.99. The van der Waals surface area contributed by atoms with Gasteiger partial charge in [0, 0.05) is 43.7 Å². The third kappa shape index (κ3) is 7.68. The fourth-order valence-corrected chi connectivity index (χ4v) is 3.97. The van der Waals surface area contributed by atoms with E-state index in [0.717, 1.165) is 73.7 Å². The Morgan fingerprint density at radius 3 is 2.90 bits per heavy atom. The highest BCUT2D eigenvalue weighted by atomic mass is 32.2. The number of rotatable bonds is 10.